The van der Waals surface area contributed by atoms with Crippen LogP contribution in [0.5, 0.6) is 5.75 Å². The smallest absolute Gasteiger partial charge is 0.263 e. The SMILES string of the molecule is CC(=Nc1ccc(C)cc1)c1c(O)c2ccccc2n(C)c1=O. The van der Waals surface area contributed by atoms with Crippen LogP contribution >= 0.6 is 0 Å². The van der Waals surface area contributed by atoms with Crippen LogP contribution < -0.4 is 5.56 Å². The summed E-state index contributed by atoms with van der Waals surface area (Å²) in [6.07, 6.45) is 0. The summed E-state index contributed by atoms with van der Waals surface area (Å²) in [6, 6.07) is 15.0. The molecule has 0 saturated carbocycles. The first-order valence-electron chi connectivity index (χ1n) is 7.42. The Morgan fingerprint density at radius 3 is 2.43 bits per heavy atom. The third kappa shape index (κ3) is 2.63. The van der Waals surface area contributed by atoms with E-state index in [0.29, 0.717) is 16.6 Å². The molecule has 0 amide bonds. The van der Waals surface area contributed by atoms with Crippen LogP contribution in [-0.2, 0) is 7.05 Å². The van der Waals surface area contributed by atoms with Crippen LogP contribution in [0.4, 0.5) is 5.69 Å². The van der Waals surface area contributed by atoms with E-state index < -0.39 is 0 Å². The fourth-order valence-corrected chi connectivity index (χ4v) is 2.67. The van der Waals surface area contributed by atoms with Gasteiger partial charge in [0.2, 0.25) is 0 Å². The minimum Gasteiger partial charge on any atom is -0.506 e. The zero-order valence-electron chi connectivity index (χ0n) is 13.4. The van der Waals surface area contributed by atoms with Crippen molar-refractivity contribution in [3.8, 4) is 5.75 Å². The zero-order valence-corrected chi connectivity index (χ0v) is 13.4. The Bertz CT molecular complexity index is 967. The molecule has 0 aliphatic rings. The lowest BCUT2D eigenvalue weighted by atomic mass is 10.1. The maximum Gasteiger partial charge on any atom is 0.263 e. The van der Waals surface area contributed by atoms with E-state index in [9.17, 15) is 9.90 Å². The van der Waals surface area contributed by atoms with Gasteiger partial charge in [0.05, 0.1) is 16.9 Å². The maximum absolute atomic E-state index is 12.6. The van der Waals surface area contributed by atoms with Gasteiger partial charge in [0.1, 0.15) is 11.3 Å². The van der Waals surface area contributed by atoms with Gasteiger partial charge >= 0.3 is 0 Å². The van der Waals surface area contributed by atoms with Gasteiger partial charge < -0.3 is 9.67 Å². The van der Waals surface area contributed by atoms with Gasteiger partial charge in [-0.1, -0.05) is 29.8 Å². The molecular weight excluding hydrogens is 288 g/mol. The molecule has 1 N–H and O–H groups in total. The molecule has 0 saturated heterocycles. The lowest BCUT2D eigenvalue weighted by molar-refractivity contribution is 0.478. The van der Waals surface area contributed by atoms with Gasteiger partial charge in [0.15, 0.2) is 0 Å². The number of pyridine rings is 1. The van der Waals surface area contributed by atoms with E-state index in [1.807, 2.05) is 49.4 Å². The minimum atomic E-state index is -0.255. The average Bonchev–Trinajstić information content (AvgIpc) is 2.55. The van der Waals surface area contributed by atoms with Crippen LogP contribution in [0.25, 0.3) is 10.9 Å². The lowest BCUT2D eigenvalue weighted by Gasteiger charge is -2.11. The van der Waals surface area contributed by atoms with Crippen LogP contribution in [0, 0.1) is 6.92 Å². The van der Waals surface area contributed by atoms with Gasteiger partial charge in [-0.15, -0.1) is 0 Å². The summed E-state index contributed by atoms with van der Waals surface area (Å²) in [5.74, 6) is -0.0166. The summed E-state index contributed by atoms with van der Waals surface area (Å²) in [7, 11) is 1.70. The number of hydrogen-bond acceptors (Lipinski definition) is 3. The van der Waals surface area contributed by atoms with Crippen molar-refractivity contribution in [2.75, 3.05) is 0 Å². The van der Waals surface area contributed by atoms with Crippen molar-refractivity contribution in [3.05, 3.63) is 70.0 Å². The number of rotatable bonds is 2. The molecule has 0 bridgehead atoms. The minimum absolute atomic E-state index is 0.0166. The van der Waals surface area contributed by atoms with Crippen molar-refractivity contribution in [3.63, 3.8) is 0 Å². The molecule has 3 rings (SSSR count). The van der Waals surface area contributed by atoms with E-state index in [0.717, 1.165) is 11.3 Å². The first-order valence-corrected chi connectivity index (χ1v) is 7.42. The van der Waals surface area contributed by atoms with E-state index in [1.54, 1.807) is 24.6 Å². The molecule has 4 nitrogen and oxygen atoms in total. The average molecular weight is 306 g/mol. The normalized spacial score (nSPS) is 11.9. The highest BCUT2D eigenvalue weighted by Crippen LogP contribution is 2.27. The van der Waals surface area contributed by atoms with Crippen LogP contribution in [0.2, 0.25) is 0 Å². The molecule has 0 aliphatic carbocycles. The van der Waals surface area contributed by atoms with Crippen molar-refractivity contribution in [1.82, 2.24) is 4.57 Å². The Hall–Kier alpha value is -2.88. The highest BCUT2D eigenvalue weighted by molar-refractivity contribution is 6.06. The van der Waals surface area contributed by atoms with Crippen molar-refractivity contribution < 1.29 is 5.11 Å². The summed E-state index contributed by atoms with van der Waals surface area (Å²) in [6.45, 7) is 3.75. The summed E-state index contributed by atoms with van der Waals surface area (Å²) >= 11 is 0. The Kier molecular flexibility index (Phi) is 3.74. The number of nitrogens with zero attached hydrogens (tertiary/aromatic N) is 2. The third-order valence-electron chi connectivity index (χ3n) is 3.97. The summed E-state index contributed by atoms with van der Waals surface area (Å²) in [4.78, 5) is 17.1. The maximum atomic E-state index is 12.6. The Labute approximate surface area is 134 Å². The van der Waals surface area contributed by atoms with E-state index in [1.165, 1.54) is 0 Å². The molecule has 0 radical (unpaired) electrons. The molecule has 0 unspecified atom stereocenters. The molecule has 1 heterocycles. The molecule has 23 heavy (non-hydrogen) atoms. The first kappa shape index (κ1) is 15.0. The number of para-hydroxylation sites is 1. The summed E-state index contributed by atoms with van der Waals surface area (Å²) in [5.41, 5.74) is 3.08. The second-order valence-corrected chi connectivity index (χ2v) is 5.64. The predicted octanol–water partition coefficient (Wildman–Crippen LogP) is 3.69. The fraction of sp³-hybridized carbons (Fsp3) is 0.158. The molecule has 3 aromatic rings. The van der Waals surface area contributed by atoms with Crippen LogP contribution in [0.15, 0.2) is 58.3 Å². The molecule has 1 aromatic heterocycles. The number of aromatic hydroxyl groups is 1. The fourth-order valence-electron chi connectivity index (χ4n) is 2.67. The Morgan fingerprint density at radius 1 is 1.09 bits per heavy atom. The number of fused-ring (bicyclic) bond motifs is 1. The van der Waals surface area contributed by atoms with Crippen LogP contribution in [0.1, 0.15) is 18.1 Å². The number of aryl methyl sites for hydroxylation is 2. The molecule has 0 atom stereocenters. The molecule has 116 valence electrons. The Morgan fingerprint density at radius 2 is 1.74 bits per heavy atom. The van der Waals surface area contributed by atoms with Crippen molar-refractivity contribution in [2.24, 2.45) is 12.0 Å². The van der Waals surface area contributed by atoms with Gasteiger partial charge in [0.25, 0.3) is 5.56 Å². The third-order valence-corrected chi connectivity index (χ3v) is 3.97. The van der Waals surface area contributed by atoms with Crippen LogP contribution in [0.3, 0.4) is 0 Å². The first-order chi connectivity index (χ1) is 11.0. The van der Waals surface area contributed by atoms with E-state index >= 15 is 0 Å². The summed E-state index contributed by atoms with van der Waals surface area (Å²) in [5, 5.41) is 11.2. The van der Waals surface area contributed by atoms with Crippen molar-refractivity contribution >= 4 is 22.3 Å². The zero-order chi connectivity index (χ0) is 16.6. The monoisotopic (exact) mass is 306 g/mol. The lowest BCUT2D eigenvalue weighted by Crippen LogP contribution is -2.24. The quantitative estimate of drug-likeness (QED) is 0.734. The summed E-state index contributed by atoms with van der Waals surface area (Å²) < 4.78 is 1.54. The van der Waals surface area contributed by atoms with Crippen molar-refractivity contribution in [2.45, 2.75) is 13.8 Å². The molecule has 0 spiro atoms. The van der Waals surface area contributed by atoms with E-state index in [-0.39, 0.29) is 16.9 Å². The van der Waals surface area contributed by atoms with Gasteiger partial charge in [0, 0.05) is 12.4 Å². The highest BCUT2D eigenvalue weighted by Gasteiger charge is 2.16. The van der Waals surface area contributed by atoms with Gasteiger partial charge in [-0.2, -0.15) is 0 Å². The number of hydrogen-bond donors (Lipinski definition) is 1. The Balaban J connectivity index is 2.23. The molecular formula is C19H18N2O2. The topological polar surface area (TPSA) is 54.6 Å². The number of benzene rings is 2. The van der Waals surface area contributed by atoms with E-state index in [2.05, 4.69) is 4.99 Å². The molecule has 0 aliphatic heterocycles. The second-order valence-electron chi connectivity index (χ2n) is 5.64. The van der Waals surface area contributed by atoms with Crippen LogP contribution in [-0.4, -0.2) is 15.4 Å². The predicted molar refractivity (Wildman–Crippen MR) is 93.9 cm³/mol. The van der Waals surface area contributed by atoms with Crippen molar-refractivity contribution in [1.29, 1.82) is 0 Å². The highest BCUT2D eigenvalue weighted by atomic mass is 16.3. The number of aliphatic imine (C=N–C) groups is 1. The van der Waals surface area contributed by atoms with Gasteiger partial charge in [-0.25, -0.2) is 0 Å². The number of aromatic nitrogens is 1. The van der Waals surface area contributed by atoms with Gasteiger partial charge in [-0.05, 0) is 38.1 Å². The van der Waals surface area contributed by atoms with E-state index in [4.69, 9.17) is 0 Å². The standard InChI is InChI=1S/C19H18N2O2/c1-12-8-10-14(11-9-12)20-13(2)17-18(22)15-6-4-5-7-16(15)21(3)19(17)23/h4-11,22H,1-3H3. The molecule has 4 heteroatoms. The molecule has 0 fully saturated rings. The van der Waals surface area contributed by atoms with Gasteiger partial charge in [-0.3, -0.25) is 9.79 Å². The molecule has 2 aromatic carbocycles. The second kappa shape index (κ2) is 5.72. The largest absolute Gasteiger partial charge is 0.506 e.